The molecule has 0 aromatic heterocycles. The molecule has 0 fully saturated rings. The van der Waals surface area contributed by atoms with Gasteiger partial charge in [-0.3, -0.25) is 0 Å². The Balaban J connectivity index is 3.92. The molecule has 0 radical (unpaired) electrons. The van der Waals surface area contributed by atoms with E-state index >= 15 is 0 Å². The fourth-order valence-electron chi connectivity index (χ4n) is 1.76. The Morgan fingerprint density at radius 1 is 1.00 bits per heavy atom. The van der Waals surface area contributed by atoms with Gasteiger partial charge in [0, 0.05) is 0 Å². The average molecular weight is 155 g/mol. The molecule has 0 aliphatic heterocycles. The molecule has 0 nitrogen and oxygen atoms in total. The van der Waals surface area contributed by atoms with Gasteiger partial charge in [0.2, 0.25) is 0 Å². The topological polar surface area (TPSA) is 0 Å². The average Bonchev–Trinajstić information content (AvgIpc) is 2.05. The quantitative estimate of drug-likeness (QED) is 0.528. The molecule has 0 aromatic carbocycles. The summed E-state index contributed by atoms with van der Waals surface area (Å²) in [6, 6.07) is 0. The van der Waals surface area contributed by atoms with Crippen LogP contribution in [0.25, 0.3) is 0 Å². The smallest absolute Gasteiger partial charge is 0.0558 e. The van der Waals surface area contributed by atoms with Crippen LogP contribution in [0.3, 0.4) is 0 Å². The van der Waals surface area contributed by atoms with E-state index in [0.717, 1.165) is 17.8 Å². The molecule has 68 valence electrons. The van der Waals surface area contributed by atoms with E-state index in [1.54, 1.807) is 0 Å². The van der Waals surface area contributed by atoms with Crippen molar-refractivity contribution >= 4 is 0 Å². The zero-order valence-electron chi connectivity index (χ0n) is 8.72. The minimum absolute atomic E-state index is 0.824. The van der Waals surface area contributed by atoms with Crippen molar-refractivity contribution in [3.63, 3.8) is 0 Å². The highest BCUT2D eigenvalue weighted by atomic mass is 14.2. The zero-order valence-corrected chi connectivity index (χ0v) is 8.72. The molecule has 2 unspecified atom stereocenters. The Morgan fingerprint density at radius 2 is 1.36 bits per heavy atom. The molecule has 2 atom stereocenters. The Morgan fingerprint density at radius 3 is 1.55 bits per heavy atom. The van der Waals surface area contributed by atoms with Crippen molar-refractivity contribution in [1.29, 1.82) is 0 Å². The predicted octanol–water partition coefficient (Wildman–Crippen LogP) is 3.92. The lowest BCUT2D eigenvalue weighted by Gasteiger charge is -2.34. The maximum atomic E-state index is 2.38. The lowest BCUT2D eigenvalue weighted by molar-refractivity contribution is 0.281. The maximum absolute atomic E-state index is 2.38. The Hall–Kier alpha value is 0. The van der Waals surface area contributed by atoms with E-state index in [2.05, 4.69) is 41.0 Å². The molecule has 0 amide bonds. The second-order valence-electron chi connectivity index (χ2n) is 3.68. The van der Waals surface area contributed by atoms with E-state index in [-0.39, 0.29) is 0 Å². The highest BCUT2D eigenvalue weighted by Gasteiger charge is 2.11. The van der Waals surface area contributed by atoms with Crippen LogP contribution in [0.1, 0.15) is 47.5 Å². The monoisotopic (exact) mass is 155 g/mol. The van der Waals surface area contributed by atoms with E-state index < -0.39 is 0 Å². The van der Waals surface area contributed by atoms with Crippen molar-refractivity contribution in [2.24, 2.45) is 17.8 Å². The molecule has 0 spiro atoms. The fourth-order valence-corrected chi connectivity index (χ4v) is 1.76. The minimum Gasteiger partial charge on any atom is -0.328 e. The molecule has 11 heavy (non-hydrogen) atoms. The minimum atomic E-state index is 0.824. The molecule has 0 heteroatoms. The lowest BCUT2D eigenvalue weighted by Crippen LogP contribution is -2.18. The van der Waals surface area contributed by atoms with Crippen molar-refractivity contribution in [3.05, 3.63) is 6.42 Å². The summed E-state index contributed by atoms with van der Waals surface area (Å²) in [5, 5.41) is 0. The van der Waals surface area contributed by atoms with E-state index in [0.29, 0.717) is 0 Å². The van der Waals surface area contributed by atoms with Crippen molar-refractivity contribution in [2.75, 3.05) is 0 Å². The first-order chi connectivity index (χ1) is 5.17. The summed E-state index contributed by atoms with van der Waals surface area (Å²) in [6.45, 7) is 11.5. The molecule has 0 bridgehead atoms. The van der Waals surface area contributed by atoms with Crippen LogP contribution in [-0.4, -0.2) is 0 Å². The van der Waals surface area contributed by atoms with Gasteiger partial charge in [-0.1, -0.05) is 52.4 Å². The summed E-state index contributed by atoms with van der Waals surface area (Å²) < 4.78 is 0. The number of rotatable bonds is 5. The van der Waals surface area contributed by atoms with Gasteiger partial charge in [0.1, 0.15) is 0 Å². The summed E-state index contributed by atoms with van der Waals surface area (Å²) in [5.41, 5.74) is 0. The van der Waals surface area contributed by atoms with Gasteiger partial charge < -0.3 is 6.42 Å². The SMILES string of the molecule is C[CH-]C(C(C)CC)C(C)CC. The molecule has 0 aromatic rings. The van der Waals surface area contributed by atoms with Crippen LogP contribution in [0.5, 0.6) is 0 Å². The van der Waals surface area contributed by atoms with E-state index in [4.69, 9.17) is 0 Å². The fraction of sp³-hybridized carbons (Fsp3) is 0.909. The normalized spacial score (nSPS) is 19.4. The van der Waals surface area contributed by atoms with Gasteiger partial charge >= 0.3 is 0 Å². The molecule has 0 heterocycles. The van der Waals surface area contributed by atoms with Crippen LogP contribution in [0.4, 0.5) is 0 Å². The maximum Gasteiger partial charge on any atom is -0.0558 e. The van der Waals surface area contributed by atoms with Crippen LogP contribution in [-0.2, 0) is 0 Å². The van der Waals surface area contributed by atoms with Gasteiger partial charge in [0.15, 0.2) is 0 Å². The van der Waals surface area contributed by atoms with E-state index in [1.165, 1.54) is 12.8 Å². The summed E-state index contributed by atoms with van der Waals surface area (Å²) in [5.74, 6) is 2.54. The van der Waals surface area contributed by atoms with Gasteiger partial charge in [-0.25, -0.2) is 0 Å². The van der Waals surface area contributed by atoms with E-state index in [1.807, 2.05) is 0 Å². The number of hydrogen-bond acceptors (Lipinski definition) is 0. The van der Waals surface area contributed by atoms with Crippen molar-refractivity contribution in [2.45, 2.75) is 47.5 Å². The van der Waals surface area contributed by atoms with Gasteiger partial charge in [-0.2, -0.15) is 12.8 Å². The second-order valence-corrected chi connectivity index (χ2v) is 3.68. The lowest BCUT2D eigenvalue weighted by atomic mass is 9.79. The molecule has 0 N–H and O–H groups in total. The predicted molar refractivity (Wildman–Crippen MR) is 52.4 cm³/mol. The third-order valence-electron chi connectivity index (χ3n) is 2.99. The van der Waals surface area contributed by atoms with Gasteiger partial charge in [0.25, 0.3) is 0 Å². The first kappa shape index (κ1) is 11.0. The molecule has 0 saturated carbocycles. The molecule has 0 aliphatic rings. The van der Waals surface area contributed by atoms with Crippen LogP contribution in [0.15, 0.2) is 0 Å². The summed E-state index contributed by atoms with van der Waals surface area (Å²) in [4.78, 5) is 0. The zero-order chi connectivity index (χ0) is 8.85. The van der Waals surface area contributed by atoms with Crippen LogP contribution >= 0.6 is 0 Å². The van der Waals surface area contributed by atoms with Gasteiger partial charge in [0.05, 0.1) is 0 Å². The van der Waals surface area contributed by atoms with Crippen molar-refractivity contribution < 1.29 is 0 Å². The van der Waals surface area contributed by atoms with Crippen LogP contribution in [0, 0.1) is 24.2 Å². The highest BCUT2D eigenvalue weighted by Crippen LogP contribution is 2.27. The molecular formula is C11H23-. The van der Waals surface area contributed by atoms with Crippen LogP contribution < -0.4 is 0 Å². The third kappa shape index (κ3) is 3.27. The summed E-state index contributed by atoms with van der Waals surface area (Å²) in [6.07, 6.45) is 4.99. The van der Waals surface area contributed by atoms with Gasteiger partial charge in [-0.15, -0.1) is 0 Å². The highest BCUT2D eigenvalue weighted by molar-refractivity contribution is 4.79. The Bertz CT molecular complexity index is 76.0. The number of hydrogen-bond donors (Lipinski definition) is 0. The summed E-state index contributed by atoms with van der Waals surface area (Å²) in [7, 11) is 0. The van der Waals surface area contributed by atoms with Crippen LogP contribution in [0.2, 0.25) is 0 Å². The largest absolute Gasteiger partial charge is 0.328 e. The Labute approximate surface area is 72.4 Å². The molecule has 0 rings (SSSR count). The van der Waals surface area contributed by atoms with E-state index in [9.17, 15) is 0 Å². The standard InChI is InChI=1S/C11H23/c1-6-9(4)11(8-3)10(5)7-2/h8-11H,6-7H2,1-5H3/q-1. The first-order valence-electron chi connectivity index (χ1n) is 4.96. The molecule has 0 aliphatic carbocycles. The van der Waals surface area contributed by atoms with Crippen molar-refractivity contribution in [3.8, 4) is 0 Å². The third-order valence-corrected chi connectivity index (χ3v) is 2.99. The second kappa shape index (κ2) is 5.62. The van der Waals surface area contributed by atoms with Gasteiger partial charge in [-0.05, 0) is 0 Å². The first-order valence-corrected chi connectivity index (χ1v) is 4.96. The van der Waals surface area contributed by atoms with Crippen molar-refractivity contribution in [1.82, 2.24) is 0 Å². The Kier molecular flexibility index (Phi) is 5.62. The molecular weight excluding hydrogens is 132 g/mol. The summed E-state index contributed by atoms with van der Waals surface area (Å²) >= 11 is 0. The molecule has 0 saturated heterocycles.